The molecule has 0 radical (unpaired) electrons. The molecule has 2 aliphatic heterocycles. The topological polar surface area (TPSA) is 103 Å². The van der Waals surface area contributed by atoms with Gasteiger partial charge in [-0.25, -0.2) is 14.6 Å². The molecule has 0 saturated carbocycles. The fourth-order valence-electron chi connectivity index (χ4n) is 3.52. The molecule has 1 unspecified atom stereocenters. The number of aliphatic carboxylic acids is 2. The minimum absolute atomic E-state index is 0.109. The van der Waals surface area contributed by atoms with E-state index in [1.54, 1.807) is 18.3 Å². The number of nitrogens with one attached hydrogen (secondary N) is 1. The van der Waals surface area contributed by atoms with Gasteiger partial charge in [-0.15, -0.1) is 0 Å². The molecule has 0 aliphatic carbocycles. The first-order valence-corrected chi connectivity index (χ1v) is 7.63. The highest BCUT2D eigenvalue weighted by Crippen LogP contribution is 2.39. The maximum Gasteiger partial charge on any atom is 0.333 e. The molecule has 23 heavy (non-hydrogen) atoms. The van der Waals surface area contributed by atoms with Crippen LogP contribution in [0.1, 0.15) is 6.42 Å². The number of carboxylic acids is 2. The van der Waals surface area contributed by atoms with Gasteiger partial charge in [-0.1, -0.05) is 11.6 Å². The second-order valence-corrected chi connectivity index (χ2v) is 6.11. The van der Waals surface area contributed by atoms with E-state index in [2.05, 4.69) is 10.3 Å². The predicted molar refractivity (Wildman–Crippen MR) is 83.6 cm³/mol. The molecule has 2 aliphatic rings. The third-order valence-corrected chi connectivity index (χ3v) is 4.64. The Labute approximate surface area is 137 Å². The van der Waals surface area contributed by atoms with Crippen LogP contribution in [0.25, 0.3) is 0 Å². The summed E-state index contributed by atoms with van der Waals surface area (Å²) in [5.74, 6) is -2.20. The average molecular weight is 338 g/mol. The molecular weight excluding hydrogens is 322 g/mol. The molecule has 0 spiro atoms. The smallest absolute Gasteiger partial charge is 0.333 e. The van der Waals surface area contributed by atoms with Gasteiger partial charge in [0.25, 0.3) is 0 Å². The molecule has 1 aromatic rings. The van der Waals surface area contributed by atoms with Crippen molar-refractivity contribution in [3.63, 3.8) is 0 Å². The SMILES string of the molecule is O=C(O)C=C(C(=O)O)C1C[C@H]2CNC[C@H]2N1c1ccc(Cl)nc1. The fourth-order valence-corrected chi connectivity index (χ4v) is 3.63. The summed E-state index contributed by atoms with van der Waals surface area (Å²) in [5, 5.41) is 22.1. The number of rotatable bonds is 4. The van der Waals surface area contributed by atoms with Gasteiger partial charge in [0.15, 0.2) is 0 Å². The van der Waals surface area contributed by atoms with Gasteiger partial charge in [0.2, 0.25) is 0 Å². The molecule has 0 bridgehead atoms. The summed E-state index contributed by atoms with van der Waals surface area (Å²) in [5.41, 5.74) is 0.634. The van der Waals surface area contributed by atoms with Gasteiger partial charge in [-0.3, -0.25) is 0 Å². The Bertz CT molecular complexity index is 661. The van der Waals surface area contributed by atoms with Crippen LogP contribution in [0.4, 0.5) is 5.69 Å². The summed E-state index contributed by atoms with van der Waals surface area (Å²) < 4.78 is 0. The lowest BCUT2D eigenvalue weighted by atomic mass is 9.98. The van der Waals surface area contributed by atoms with Crippen molar-refractivity contribution in [2.75, 3.05) is 18.0 Å². The summed E-state index contributed by atoms with van der Waals surface area (Å²) in [4.78, 5) is 28.6. The minimum atomic E-state index is -1.26. The number of carboxylic acid groups (broad SMARTS) is 2. The van der Waals surface area contributed by atoms with Crippen LogP contribution in [0.3, 0.4) is 0 Å². The van der Waals surface area contributed by atoms with Gasteiger partial charge in [0.1, 0.15) is 5.15 Å². The zero-order valence-electron chi connectivity index (χ0n) is 12.1. The predicted octanol–water partition coefficient (Wildman–Crippen LogP) is 0.997. The monoisotopic (exact) mass is 337 g/mol. The van der Waals surface area contributed by atoms with Crippen molar-refractivity contribution >= 4 is 29.2 Å². The number of nitrogens with zero attached hydrogens (tertiary/aromatic N) is 2. The highest BCUT2D eigenvalue weighted by Gasteiger charge is 2.46. The molecule has 0 aromatic carbocycles. The third kappa shape index (κ3) is 3.02. The molecule has 122 valence electrons. The van der Waals surface area contributed by atoms with Crippen molar-refractivity contribution in [1.82, 2.24) is 10.3 Å². The highest BCUT2D eigenvalue weighted by atomic mass is 35.5. The number of hydrogen-bond acceptors (Lipinski definition) is 5. The van der Waals surface area contributed by atoms with Crippen LogP contribution in [-0.4, -0.2) is 52.3 Å². The van der Waals surface area contributed by atoms with Gasteiger partial charge < -0.3 is 20.4 Å². The molecule has 3 heterocycles. The Hall–Kier alpha value is -2.12. The number of fused-ring (bicyclic) bond motifs is 1. The van der Waals surface area contributed by atoms with E-state index >= 15 is 0 Å². The first-order valence-electron chi connectivity index (χ1n) is 7.26. The first-order chi connectivity index (χ1) is 11.0. The highest BCUT2D eigenvalue weighted by molar-refractivity contribution is 6.29. The lowest BCUT2D eigenvalue weighted by Crippen LogP contribution is -2.42. The van der Waals surface area contributed by atoms with Crippen molar-refractivity contribution in [2.24, 2.45) is 5.92 Å². The van der Waals surface area contributed by atoms with Gasteiger partial charge in [-0.05, 0) is 24.5 Å². The van der Waals surface area contributed by atoms with Crippen LogP contribution >= 0.6 is 11.6 Å². The molecule has 2 fully saturated rings. The van der Waals surface area contributed by atoms with Crippen LogP contribution in [0.5, 0.6) is 0 Å². The van der Waals surface area contributed by atoms with Crippen LogP contribution in [0.15, 0.2) is 30.0 Å². The maximum absolute atomic E-state index is 11.6. The Kier molecular flexibility index (Phi) is 4.23. The molecule has 1 aromatic heterocycles. The van der Waals surface area contributed by atoms with Crippen molar-refractivity contribution in [2.45, 2.75) is 18.5 Å². The van der Waals surface area contributed by atoms with Crippen molar-refractivity contribution in [3.05, 3.63) is 35.1 Å². The van der Waals surface area contributed by atoms with E-state index in [0.29, 0.717) is 11.6 Å². The Balaban J connectivity index is 2.01. The summed E-state index contributed by atoms with van der Waals surface area (Å²) in [6.45, 7) is 1.52. The number of aromatic nitrogens is 1. The minimum Gasteiger partial charge on any atom is -0.478 e. The number of hydrogen-bond donors (Lipinski definition) is 3. The molecule has 3 rings (SSSR count). The second-order valence-electron chi connectivity index (χ2n) is 5.73. The quantitative estimate of drug-likeness (QED) is 0.556. The van der Waals surface area contributed by atoms with Crippen LogP contribution in [-0.2, 0) is 9.59 Å². The number of pyridine rings is 1. The van der Waals surface area contributed by atoms with Gasteiger partial charge in [-0.2, -0.15) is 0 Å². The summed E-state index contributed by atoms with van der Waals surface area (Å²) in [6.07, 6.45) is 2.97. The summed E-state index contributed by atoms with van der Waals surface area (Å²) in [7, 11) is 0. The standard InChI is InChI=1S/C15H16ClN3O4/c16-13-2-1-9(6-18-13)19-11(3-8-5-17-7-12(8)19)10(15(22)23)4-14(20)21/h1-2,4,6,8,11-12,17H,3,5,7H2,(H,20,21)(H,22,23)/t8-,11?,12+/m0/s1. The zero-order chi connectivity index (χ0) is 16.6. The third-order valence-electron chi connectivity index (χ3n) is 4.42. The zero-order valence-corrected chi connectivity index (χ0v) is 12.9. The van der Waals surface area contributed by atoms with E-state index in [9.17, 15) is 14.7 Å². The molecule has 3 atom stereocenters. The molecule has 8 heteroatoms. The molecule has 2 saturated heterocycles. The van der Waals surface area contributed by atoms with E-state index in [0.717, 1.165) is 24.9 Å². The van der Waals surface area contributed by atoms with Gasteiger partial charge in [0, 0.05) is 25.2 Å². The van der Waals surface area contributed by atoms with E-state index in [-0.39, 0.29) is 17.5 Å². The lowest BCUT2D eigenvalue weighted by molar-refractivity contribution is -0.135. The summed E-state index contributed by atoms with van der Waals surface area (Å²) in [6, 6.07) is 3.04. The fraction of sp³-hybridized carbons (Fsp3) is 0.400. The van der Waals surface area contributed by atoms with Crippen molar-refractivity contribution in [3.8, 4) is 0 Å². The van der Waals surface area contributed by atoms with Gasteiger partial charge >= 0.3 is 11.9 Å². The molecule has 7 nitrogen and oxygen atoms in total. The van der Waals surface area contributed by atoms with E-state index < -0.39 is 18.0 Å². The second kappa shape index (κ2) is 6.17. The van der Waals surface area contributed by atoms with Crippen LogP contribution < -0.4 is 10.2 Å². The van der Waals surface area contributed by atoms with Crippen molar-refractivity contribution < 1.29 is 19.8 Å². The largest absolute Gasteiger partial charge is 0.478 e. The Morgan fingerprint density at radius 1 is 1.35 bits per heavy atom. The lowest BCUT2D eigenvalue weighted by Gasteiger charge is -2.31. The Morgan fingerprint density at radius 2 is 2.13 bits per heavy atom. The maximum atomic E-state index is 11.6. The van der Waals surface area contributed by atoms with E-state index in [1.165, 1.54) is 0 Å². The van der Waals surface area contributed by atoms with Gasteiger partial charge in [0.05, 0.1) is 23.5 Å². The normalized spacial score (nSPS) is 27.1. The van der Waals surface area contributed by atoms with E-state index in [4.69, 9.17) is 16.7 Å². The molecule has 3 N–H and O–H groups in total. The number of halogens is 1. The average Bonchev–Trinajstić information content (AvgIpc) is 3.06. The Morgan fingerprint density at radius 3 is 2.74 bits per heavy atom. The molecular formula is C15H16ClN3O4. The number of carbonyl (C=O) groups is 2. The first kappa shape index (κ1) is 15.8. The van der Waals surface area contributed by atoms with Crippen LogP contribution in [0.2, 0.25) is 5.15 Å². The van der Waals surface area contributed by atoms with Crippen LogP contribution in [0, 0.1) is 5.92 Å². The summed E-state index contributed by atoms with van der Waals surface area (Å²) >= 11 is 5.82. The van der Waals surface area contributed by atoms with Crippen molar-refractivity contribution in [1.29, 1.82) is 0 Å². The van der Waals surface area contributed by atoms with E-state index in [1.807, 2.05) is 4.90 Å². The molecule has 0 amide bonds. The number of anilines is 1.